The van der Waals surface area contributed by atoms with Crippen LogP contribution in [0.15, 0.2) is 23.8 Å². The van der Waals surface area contributed by atoms with Crippen LogP contribution in [-0.2, 0) is 10.4 Å². The highest BCUT2D eigenvalue weighted by atomic mass is 32.1. The fourth-order valence-electron chi connectivity index (χ4n) is 4.60. The van der Waals surface area contributed by atoms with Gasteiger partial charge in [-0.3, -0.25) is 19.8 Å². The molecule has 5 rings (SSSR count). The summed E-state index contributed by atoms with van der Waals surface area (Å²) in [4.78, 5) is 24.3. The normalized spacial score (nSPS) is 24.8. The number of aliphatic hydroxyl groups is 1. The molecular weight excluding hydrogens is 414 g/mol. The number of anilines is 1. The number of aryl methyl sites for hydroxylation is 1. The minimum absolute atomic E-state index is 0.0448. The molecule has 0 spiro atoms. The molecule has 1 amide bonds. The molecule has 0 aromatic carbocycles. The van der Waals surface area contributed by atoms with Gasteiger partial charge in [-0.1, -0.05) is 0 Å². The number of thiazole rings is 1. The molecule has 31 heavy (non-hydrogen) atoms. The fourth-order valence-corrected chi connectivity index (χ4v) is 5.38. The van der Waals surface area contributed by atoms with Crippen LogP contribution in [0.5, 0.6) is 0 Å². The highest BCUT2D eigenvalue weighted by molar-refractivity contribution is 7.09. The largest absolute Gasteiger partial charge is 0.384 e. The molecule has 1 saturated heterocycles. The van der Waals surface area contributed by atoms with Crippen LogP contribution in [-0.4, -0.2) is 67.8 Å². The molecule has 2 fully saturated rings. The van der Waals surface area contributed by atoms with Crippen molar-refractivity contribution < 1.29 is 9.90 Å². The highest BCUT2D eigenvalue weighted by Crippen LogP contribution is 2.40. The maximum atomic E-state index is 12.4. The second kappa shape index (κ2) is 8.18. The third-order valence-corrected chi connectivity index (χ3v) is 7.39. The number of aromatic nitrogens is 4. The monoisotopic (exact) mass is 441 g/mol. The average molecular weight is 442 g/mol. The average Bonchev–Trinajstić information content (AvgIpc) is 3.40. The molecule has 9 nitrogen and oxygen atoms in total. The van der Waals surface area contributed by atoms with Crippen molar-refractivity contribution in [3.63, 3.8) is 0 Å². The number of carbonyl (C=O) groups is 1. The Bertz CT molecular complexity index is 1050. The number of nitrogens with one attached hydrogen (secondary N) is 3. The number of aromatic amines is 1. The predicted octanol–water partition coefficient (Wildman–Crippen LogP) is 1.77. The molecule has 2 aliphatic rings. The Morgan fingerprint density at radius 2 is 2.16 bits per heavy atom. The van der Waals surface area contributed by atoms with Gasteiger partial charge in [0.05, 0.1) is 28.5 Å². The van der Waals surface area contributed by atoms with Gasteiger partial charge >= 0.3 is 0 Å². The lowest BCUT2D eigenvalue weighted by atomic mass is 9.80. The molecule has 1 aliphatic heterocycles. The first-order valence-corrected chi connectivity index (χ1v) is 11.6. The SMILES string of the molecule is Cc1ccc2[nH]nc(NCC(=O)NC3CN(C4CCC(O)(c5cncs5)CC4)C3)c2n1. The Hall–Kier alpha value is -2.56. The summed E-state index contributed by atoms with van der Waals surface area (Å²) in [6.07, 6.45) is 5.26. The van der Waals surface area contributed by atoms with Gasteiger partial charge in [-0.15, -0.1) is 11.3 Å². The van der Waals surface area contributed by atoms with Gasteiger partial charge in [-0.2, -0.15) is 5.10 Å². The number of likely N-dealkylation sites (tertiary alicyclic amines) is 1. The Morgan fingerprint density at radius 1 is 1.35 bits per heavy atom. The molecule has 0 radical (unpaired) electrons. The van der Waals surface area contributed by atoms with E-state index in [-0.39, 0.29) is 18.5 Å². The number of pyridine rings is 1. The topological polar surface area (TPSA) is 119 Å². The second-order valence-corrected chi connectivity index (χ2v) is 9.51. The third kappa shape index (κ3) is 4.15. The number of hydrogen-bond donors (Lipinski definition) is 4. The van der Waals surface area contributed by atoms with Crippen LogP contribution < -0.4 is 10.6 Å². The molecule has 164 valence electrons. The molecule has 0 unspecified atom stereocenters. The standard InChI is InChI=1S/C21H27N7O2S/c1-13-2-3-16-19(24-13)20(27-26-16)23-9-18(29)25-14-10-28(11-14)15-4-6-21(30,7-5-15)17-8-22-12-31-17/h2-3,8,12,14-15,30H,4-7,9-11H2,1H3,(H,25,29)(H2,23,26,27). The lowest BCUT2D eigenvalue weighted by Crippen LogP contribution is -2.63. The minimum atomic E-state index is -0.717. The summed E-state index contributed by atoms with van der Waals surface area (Å²) in [6.45, 7) is 3.82. The molecule has 4 N–H and O–H groups in total. The van der Waals surface area contributed by atoms with Crippen molar-refractivity contribution in [3.05, 3.63) is 34.4 Å². The van der Waals surface area contributed by atoms with E-state index < -0.39 is 5.60 Å². The fraction of sp³-hybridized carbons (Fsp3) is 0.524. The van der Waals surface area contributed by atoms with Crippen LogP contribution in [0.1, 0.15) is 36.3 Å². The van der Waals surface area contributed by atoms with Crippen molar-refractivity contribution in [3.8, 4) is 0 Å². The first-order chi connectivity index (χ1) is 15.0. The van der Waals surface area contributed by atoms with Crippen LogP contribution >= 0.6 is 11.3 Å². The van der Waals surface area contributed by atoms with Gasteiger partial charge in [-0.05, 0) is 44.7 Å². The van der Waals surface area contributed by atoms with E-state index in [1.807, 2.05) is 19.1 Å². The quantitative estimate of drug-likeness (QED) is 0.460. The van der Waals surface area contributed by atoms with Gasteiger partial charge in [0.25, 0.3) is 0 Å². The number of H-pyrrole nitrogens is 1. The number of nitrogens with zero attached hydrogens (tertiary/aromatic N) is 4. The maximum Gasteiger partial charge on any atom is 0.239 e. The molecule has 3 aromatic rings. The Labute approximate surface area is 184 Å². The number of carbonyl (C=O) groups excluding carboxylic acids is 1. The Morgan fingerprint density at radius 3 is 2.90 bits per heavy atom. The Kier molecular flexibility index (Phi) is 5.37. The van der Waals surface area contributed by atoms with Gasteiger partial charge < -0.3 is 15.7 Å². The first kappa shape index (κ1) is 20.3. The van der Waals surface area contributed by atoms with Gasteiger partial charge in [0.1, 0.15) is 11.1 Å². The van der Waals surface area contributed by atoms with Crippen molar-refractivity contribution in [2.45, 2.75) is 50.3 Å². The third-order valence-electron chi connectivity index (χ3n) is 6.43. The van der Waals surface area contributed by atoms with Crippen LogP contribution in [0.3, 0.4) is 0 Å². The van der Waals surface area contributed by atoms with Gasteiger partial charge in [0, 0.05) is 31.0 Å². The van der Waals surface area contributed by atoms with E-state index in [9.17, 15) is 9.90 Å². The summed E-state index contributed by atoms with van der Waals surface area (Å²) in [5, 5.41) is 24.2. The number of amides is 1. The lowest BCUT2D eigenvalue weighted by molar-refractivity contribution is -0.121. The predicted molar refractivity (Wildman–Crippen MR) is 119 cm³/mol. The maximum absolute atomic E-state index is 12.4. The van der Waals surface area contributed by atoms with E-state index >= 15 is 0 Å². The second-order valence-electron chi connectivity index (χ2n) is 8.62. The first-order valence-electron chi connectivity index (χ1n) is 10.7. The van der Waals surface area contributed by atoms with Gasteiger partial charge in [0.15, 0.2) is 5.82 Å². The molecule has 1 aliphatic carbocycles. The summed E-state index contributed by atoms with van der Waals surface area (Å²) in [5.41, 5.74) is 3.56. The van der Waals surface area contributed by atoms with E-state index in [2.05, 4.69) is 35.7 Å². The van der Waals surface area contributed by atoms with E-state index in [1.54, 1.807) is 11.7 Å². The highest BCUT2D eigenvalue weighted by Gasteiger charge is 2.40. The molecule has 3 aromatic heterocycles. The zero-order chi connectivity index (χ0) is 21.4. The van der Waals surface area contributed by atoms with Crippen molar-refractivity contribution in [1.82, 2.24) is 30.4 Å². The van der Waals surface area contributed by atoms with Crippen molar-refractivity contribution in [1.29, 1.82) is 0 Å². The minimum Gasteiger partial charge on any atom is -0.384 e. The Balaban J connectivity index is 1.06. The lowest BCUT2D eigenvalue weighted by Gasteiger charge is -2.48. The van der Waals surface area contributed by atoms with Crippen molar-refractivity contribution in [2.75, 3.05) is 25.0 Å². The molecule has 1 saturated carbocycles. The summed E-state index contributed by atoms with van der Waals surface area (Å²) < 4.78 is 0. The summed E-state index contributed by atoms with van der Waals surface area (Å²) in [6, 6.07) is 4.51. The van der Waals surface area contributed by atoms with Gasteiger partial charge in [0.2, 0.25) is 5.91 Å². The van der Waals surface area contributed by atoms with E-state index in [0.717, 1.165) is 60.4 Å². The summed E-state index contributed by atoms with van der Waals surface area (Å²) in [7, 11) is 0. The van der Waals surface area contributed by atoms with E-state index in [4.69, 9.17) is 0 Å². The van der Waals surface area contributed by atoms with Crippen molar-refractivity contribution in [2.24, 2.45) is 0 Å². The van der Waals surface area contributed by atoms with Gasteiger partial charge in [-0.25, -0.2) is 4.98 Å². The zero-order valence-corrected chi connectivity index (χ0v) is 18.3. The molecule has 4 heterocycles. The number of rotatable bonds is 6. The van der Waals surface area contributed by atoms with Crippen molar-refractivity contribution >= 4 is 34.1 Å². The number of hydrogen-bond acceptors (Lipinski definition) is 8. The smallest absolute Gasteiger partial charge is 0.239 e. The molecule has 0 bridgehead atoms. The molecular formula is C21H27N7O2S. The van der Waals surface area contributed by atoms with E-state index in [0.29, 0.717) is 11.9 Å². The summed E-state index contributed by atoms with van der Waals surface area (Å²) >= 11 is 1.53. The van der Waals surface area contributed by atoms with Crippen LogP contribution in [0.2, 0.25) is 0 Å². The van der Waals surface area contributed by atoms with Crippen LogP contribution in [0.25, 0.3) is 11.0 Å². The number of fused-ring (bicyclic) bond motifs is 1. The van der Waals surface area contributed by atoms with E-state index in [1.165, 1.54) is 11.3 Å². The van der Waals surface area contributed by atoms with Crippen LogP contribution in [0.4, 0.5) is 5.82 Å². The molecule has 0 atom stereocenters. The zero-order valence-electron chi connectivity index (χ0n) is 17.5. The summed E-state index contributed by atoms with van der Waals surface area (Å²) in [5.74, 6) is 0.552. The molecule has 10 heteroatoms. The van der Waals surface area contributed by atoms with Crippen LogP contribution in [0, 0.1) is 6.92 Å².